The van der Waals surface area contributed by atoms with Gasteiger partial charge in [-0.1, -0.05) is 185 Å². The van der Waals surface area contributed by atoms with Crippen molar-refractivity contribution in [3.8, 4) is 0 Å². The molecule has 0 amide bonds. The van der Waals surface area contributed by atoms with Crippen molar-refractivity contribution in [1.29, 1.82) is 0 Å². The number of amidine groups is 1. The summed E-state index contributed by atoms with van der Waals surface area (Å²) in [6.45, 7) is 6.82. The van der Waals surface area contributed by atoms with Gasteiger partial charge in [0.05, 0.1) is 0 Å². The van der Waals surface area contributed by atoms with Crippen LogP contribution in [0.15, 0.2) is 52.4 Å². The summed E-state index contributed by atoms with van der Waals surface area (Å²) in [7, 11) is 0. The van der Waals surface area contributed by atoms with Crippen molar-refractivity contribution < 1.29 is 0 Å². The number of hydrogen-bond acceptors (Lipinski definition) is 7. The molecule has 0 bridgehead atoms. The molecule has 258 valence electrons. The van der Waals surface area contributed by atoms with E-state index in [-0.39, 0.29) is 5.50 Å². The Bertz CT molecular complexity index is 1120. The molecular formula is C39H64N4S3. The normalized spacial score (nSPS) is 14.9. The molecule has 2 aromatic carbocycles. The zero-order valence-electron chi connectivity index (χ0n) is 29.4. The number of nitrogens with one attached hydrogen (secondary N) is 1. The Balaban J connectivity index is 1.53. The van der Waals surface area contributed by atoms with E-state index in [1.165, 1.54) is 139 Å². The fourth-order valence-corrected chi connectivity index (χ4v) is 8.87. The number of guanidine groups is 1. The Labute approximate surface area is 295 Å². The number of thioether (sulfide) groups is 2. The zero-order chi connectivity index (χ0) is 32.5. The van der Waals surface area contributed by atoms with Crippen LogP contribution < -0.4 is 5.32 Å². The molecule has 1 atom stereocenters. The molecule has 1 unspecified atom stereocenters. The molecule has 3 rings (SSSR count). The minimum Gasteiger partial charge on any atom is -0.324 e. The van der Waals surface area contributed by atoms with E-state index >= 15 is 0 Å². The molecule has 0 aliphatic carbocycles. The van der Waals surface area contributed by atoms with Crippen LogP contribution >= 0.6 is 35.5 Å². The van der Waals surface area contributed by atoms with Crippen molar-refractivity contribution in [2.24, 2.45) is 9.98 Å². The summed E-state index contributed by atoms with van der Waals surface area (Å²) in [5.41, 5.74) is 1.16. The minimum absolute atomic E-state index is 0.0497. The van der Waals surface area contributed by atoms with E-state index in [9.17, 15) is 0 Å². The van der Waals surface area contributed by atoms with Gasteiger partial charge in [-0.05, 0) is 42.0 Å². The molecule has 0 saturated carbocycles. The molecule has 1 aliphatic rings. The molecule has 0 spiro atoms. The van der Waals surface area contributed by atoms with E-state index < -0.39 is 0 Å². The molecule has 0 fully saturated rings. The predicted molar refractivity (Wildman–Crippen MR) is 215 cm³/mol. The van der Waals surface area contributed by atoms with Crippen LogP contribution in [-0.2, 0) is 0 Å². The highest BCUT2D eigenvalue weighted by Gasteiger charge is 2.28. The quantitative estimate of drug-likeness (QED) is 0.0789. The second-order valence-electron chi connectivity index (χ2n) is 12.7. The van der Waals surface area contributed by atoms with Crippen LogP contribution in [0.1, 0.15) is 149 Å². The lowest BCUT2D eigenvalue weighted by Gasteiger charge is -2.33. The van der Waals surface area contributed by atoms with Gasteiger partial charge >= 0.3 is 0 Å². The summed E-state index contributed by atoms with van der Waals surface area (Å²) in [4.78, 5) is 10.4. The molecule has 0 aromatic heterocycles. The number of unbranched alkanes of at least 4 members (excludes halogenated alkanes) is 18. The van der Waals surface area contributed by atoms with E-state index in [0.717, 1.165) is 34.1 Å². The highest BCUT2D eigenvalue weighted by molar-refractivity contribution is 8.14. The van der Waals surface area contributed by atoms with Gasteiger partial charge in [0.25, 0.3) is 0 Å². The fourth-order valence-electron chi connectivity index (χ4n) is 5.93. The van der Waals surface area contributed by atoms with Crippen LogP contribution in [0.2, 0.25) is 0 Å². The number of anilines is 1. The van der Waals surface area contributed by atoms with Gasteiger partial charge in [-0.2, -0.15) is 4.99 Å². The lowest BCUT2D eigenvalue weighted by Crippen LogP contribution is -2.40. The first-order chi connectivity index (χ1) is 22.8. The first-order valence-corrected chi connectivity index (χ1v) is 21.8. The molecule has 46 heavy (non-hydrogen) atoms. The van der Waals surface area contributed by atoms with E-state index in [4.69, 9.17) is 9.98 Å². The molecule has 1 aliphatic heterocycles. The summed E-state index contributed by atoms with van der Waals surface area (Å²) in [6, 6.07) is 15.1. The van der Waals surface area contributed by atoms with Gasteiger partial charge in [-0.3, -0.25) is 4.31 Å². The van der Waals surface area contributed by atoms with E-state index in [2.05, 4.69) is 72.9 Å². The van der Waals surface area contributed by atoms with Crippen molar-refractivity contribution in [1.82, 2.24) is 4.31 Å². The third kappa shape index (κ3) is 15.7. The second-order valence-corrected chi connectivity index (χ2v) is 16.1. The Morgan fingerprint density at radius 2 is 1.17 bits per heavy atom. The van der Waals surface area contributed by atoms with Gasteiger partial charge in [0.15, 0.2) is 10.7 Å². The molecule has 1 N–H and O–H groups in total. The van der Waals surface area contributed by atoms with Crippen molar-refractivity contribution in [2.75, 3.05) is 22.6 Å². The number of fused-ring (bicyclic) bond motifs is 1. The molecule has 2 aromatic rings. The van der Waals surface area contributed by atoms with Crippen molar-refractivity contribution in [3.05, 3.63) is 42.5 Å². The Hall–Kier alpha value is -1.31. The van der Waals surface area contributed by atoms with Crippen LogP contribution in [-0.4, -0.2) is 38.2 Å². The van der Waals surface area contributed by atoms with E-state index in [1.807, 2.05) is 35.5 Å². The molecule has 0 radical (unpaired) electrons. The first kappa shape index (κ1) is 39.1. The number of benzene rings is 2. The van der Waals surface area contributed by atoms with Crippen LogP contribution in [0.3, 0.4) is 0 Å². The Morgan fingerprint density at radius 1 is 0.630 bits per heavy atom. The summed E-state index contributed by atoms with van der Waals surface area (Å²) in [5, 5.41) is 7.16. The monoisotopic (exact) mass is 684 g/mol. The minimum atomic E-state index is 0.0497. The topological polar surface area (TPSA) is 40.0 Å². The third-order valence-corrected chi connectivity index (χ3v) is 11.8. The van der Waals surface area contributed by atoms with Gasteiger partial charge < -0.3 is 5.32 Å². The van der Waals surface area contributed by atoms with Gasteiger partial charge in [0.1, 0.15) is 0 Å². The summed E-state index contributed by atoms with van der Waals surface area (Å²) < 4.78 is 2.33. The van der Waals surface area contributed by atoms with Crippen molar-refractivity contribution >= 4 is 63.1 Å². The van der Waals surface area contributed by atoms with E-state index in [0.29, 0.717) is 0 Å². The molecule has 4 nitrogen and oxygen atoms in total. The predicted octanol–water partition coefficient (Wildman–Crippen LogP) is 13.5. The highest BCUT2D eigenvalue weighted by Crippen LogP contribution is 2.33. The zero-order valence-corrected chi connectivity index (χ0v) is 31.9. The Morgan fingerprint density at radius 3 is 1.78 bits per heavy atom. The largest absolute Gasteiger partial charge is 0.324 e. The van der Waals surface area contributed by atoms with Crippen LogP contribution in [0, 0.1) is 0 Å². The van der Waals surface area contributed by atoms with Gasteiger partial charge in [0, 0.05) is 22.6 Å². The smallest absolute Gasteiger partial charge is 0.218 e. The maximum absolute atomic E-state index is 5.22. The number of nitrogens with zero attached hydrogens (tertiary/aromatic N) is 3. The number of aliphatic imine (C=N–C) groups is 2. The molecular weight excluding hydrogens is 621 g/mol. The molecule has 0 saturated heterocycles. The maximum atomic E-state index is 5.22. The summed E-state index contributed by atoms with van der Waals surface area (Å²) >= 11 is 5.66. The van der Waals surface area contributed by atoms with Crippen LogP contribution in [0.5, 0.6) is 0 Å². The lowest BCUT2D eigenvalue weighted by atomic mass is 10.1. The van der Waals surface area contributed by atoms with Gasteiger partial charge in [-0.15, -0.1) is 11.8 Å². The Kier molecular flexibility index (Phi) is 21.8. The lowest BCUT2D eigenvalue weighted by molar-refractivity contribution is 0.562. The summed E-state index contributed by atoms with van der Waals surface area (Å²) in [5.74, 6) is 4.15. The van der Waals surface area contributed by atoms with Crippen LogP contribution in [0.4, 0.5) is 5.69 Å². The summed E-state index contributed by atoms with van der Waals surface area (Å²) in [6.07, 6.45) is 27.4. The average molecular weight is 685 g/mol. The van der Waals surface area contributed by atoms with Crippen molar-refractivity contribution in [2.45, 2.75) is 155 Å². The highest BCUT2D eigenvalue weighted by atomic mass is 32.2. The van der Waals surface area contributed by atoms with E-state index in [1.54, 1.807) is 0 Å². The van der Waals surface area contributed by atoms with Crippen LogP contribution in [0.25, 0.3) is 10.8 Å². The molecule has 7 heteroatoms. The maximum Gasteiger partial charge on any atom is 0.218 e. The second kappa shape index (κ2) is 25.7. The van der Waals surface area contributed by atoms with Crippen molar-refractivity contribution in [3.63, 3.8) is 0 Å². The molecule has 1 heterocycles. The number of hydrogen-bond donors (Lipinski definition) is 1. The average Bonchev–Trinajstić information content (AvgIpc) is 3.07. The van der Waals surface area contributed by atoms with Gasteiger partial charge in [-0.25, -0.2) is 4.99 Å². The standard InChI is InChI=1S/C39H64N4S3/c1-4-7-9-11-13-15-17-19-21-25-32-44-38-41-37(40-36-31-27-29-34-28-23-24-30-35(34)36)43(46-6-3)39(42-38)45-33-26-22-20-18-16-14-12-10-8-5-2/h23-24,27-31,39H,4-22,25-26,32-33H2,1-3H3,(H,40,41,42). The van der Waals surface area contributed by atoms with Gasteiger partial charge in [0.2, 0.25) is 5.96 Å². The third-order valence-electron chi connectivity index (χ3n) is 8.63. The fraction of sp³-hybridized carbons (Fsp3) is 0.692. The first-order valence-electron chi connectivity index (χ1n) is 18.8. The number of rotatable bonds is 26. The SMILES string of the molecule is CCCCCCCCCCCCSC1=NC(SCCCCCCCCCCCC)N(SCC)C(Nc2cccc3ccccc23)=N1.